The molecule has 0 aliphatic rings. The Kier molecular flexibility index (Phi) is 4.31. The number of rotatable bonds is 5. The Bertz CT molecular complexity index is 417. The van der Waals surface area contributed by atoms with Gasteiger partial charge in [0.25, 0.3) is 10.0 Å². The largest absolute Gasteiger partial charge is 0.326 e. The van der Waals surface area contributed by atoms with Gasteiger partial charge < -0.3 is 5.73 Å². The van der Waals surface area contributed by atoms with Gasteiger partial charge >= 0.3 is 0 Å². The van der Waals surface area contributed by atoms with Gasteiger partial charge in [-0.1, -0.05) is 34.1 Å². The van der Waals surface area contributed by atoms with E-state index in [2.05, 4.69) is 16.2 Å². The molecule has 1 rings (SSSR count). The molecule has 0 spiro atoms. The molecular formula is C9H12N2O2S2. The van der Waals surface area contributed by atoms with Crippen molar-refractivity contribution in [1.29, 1.82) is 0 Å². The van der Waals surface area contributed by atoms with Crippen molar-refractivity contribution in [1.82, 2.24) is 0 Å². The SMILES string of the molecule is NC(Cc1ccccc1)CS(=O)(=O)N=S. The fraction of sp³-hybridized carbons (Fsp3) is 0.333. The molecule has 2 N–H and O–H groups in total. The molecule has 1 atom stereocenters. The molecular weight excluding hydrogens is 232 g/mol. The van der Waals surface area contributed by atoms with E-state index in [9.17, 15) is 8.42 Å². The zero-order chi connectivity index (χ0) is 11.3. The zero-order valence-electron chi connectivity index (χ0n) is 8.04. The van der Waals surface area contributed by atoms with Crippen LogP contribution >= 0.6 is 0 Å². The molecule has 15 heavy (non-hydrogen) atoms. The number of nitrogens with zero attached hydrogens (tertiary/aromatic N) is 1. The van der Waals surface area contributed by atoms with E-state index in [-0.39, 0.29) is 5.75 Å². The zero-order valence-corrected chi connectivity index (χ0v) is 9.67. The first kappa shape index (κ1) is 12.2. The van der Waals surface area contributed by atoms with Gasteiger partial charge in [-0.2, -0.15) is 0 Å². The predicted molar refractivity (Wildman–Crippen MR) is 61.7 cm³/mol. The molecule has 0 aliphatic heterocycles. The van der Waals surface area contributed by atoms with Crippen LogP contribution in [0.25, 0.3) is 0 Å². The monoisotopic (exact) mass is 244 g/mol. The van der Waals surface area contributed by atoms with E-state index < -0.39 is 16.1 Å². The molecule has 0 saturated carbocycles. The standard InChI is InChI=1S/C9H12N2O2S2/c10-9(7-15(12,13)11-14)6-8-4-2-1-3-5-8/h1-5,9H,6-7,10H2. The third-order valence-corrected chi connectivity index (χ3v) is 3.64. The Morgan fingerprint density at radius 2 is 1.93 bits per heavy atom. The van der Waals surface area contributed by atoms with Crippen LogP contribution in [-0.2, 0) is 28.9 Å². The van der Waals surface area contributed by atoms with Crippen LogP contribution in [0.3, 0.4) is 0 Å². The molecule has 4 nitrogen and oxygen atoms in total. The molecule has 0 amide bonds. The first-order valence-corrected chi connectivity index (χ1v) is 6.38. The van der Waals surface area contributed by atoms with E-state index in [1.54, 1.807) is 0 Å². The molecule has 1 aromatic carbocycles. The molecule has 0 bridgehead atoms. The van der Waals surface area contributed by atoms with Crippen LogP contribution in [0.1, 0.15) is 5.56 Å². The van der Waals surface area contributed by atoms with Crippen LogP contribution in [-0.4, -0.2) is 20.2 Å². The first-order valence-electron chi connectivity index (χ1n) is 4.40. The van der Waals surface area contributed by atoms with E-state index in [1.807, 2.05) is 30.3 Å². The summed E-state index contributed by atoms with van der Waals surface area (Å²) in [6.07, 6.45) is 0.505. The van der Waals surface area contributed by atoms with Gasteiger partial charge in [-0.15, -0.1) is 0 Å². The highest BCUT2D eigenvalue weighted by molar-refractivity contribution is 7.92. The number of nitrogens with two attached hydrogens (primary N) is 1. The summed E-state index contributed by atoms with van der Waals surface area (Å²) in [4.78, 5) is 0. The fourth-order valence-corrected chi connectivity index (χ4v) is 2.18. The second kappa shape index (κ2) is 5.29. The summed E-state index contributed by atoms with van der Waals surface area (Å²) in [5.74, 6) is -0.203. The van der Waals surface area contributed by atoms with Crippen LogP contribution in [0.15, 0.2) is 34.1 Å². The van der Waals surface area contributed by atoms with Gasteiger partial charge in [0.2, 0.25) is 0 Å². The van der Waals surface area contributed by atoms with Crippen LogP contribution < -0.4 is 5.73 Å². The van der Waals surface area contributed by atoms with Crippen LogP contribution in [0.4, 0.5) is 0 Å². The van der Waals surface area contributed by atoms with E-state index in [4.69, 9.17) is 5.73 Å². The highest BCUT2D eigenvalue weighted by Gasteiger charge is 2.14. The predicted octanol–water partition coefficient (Wildman–Crippen LogP) is 0.617. The molecule has 0 fully saturated rings. The van der Waals surface area contributed by atoms with Crippen molar-refractivity contribution in [3.8, 4) is 0 Å². The quantitative estimate of drug-likeness (QED) is 0.824. The van der Waals surface area contributed by atoms with Crippen LogP contribution in [0.2, 0.25) is 0 Å². The highest BCUT2D eigenvalue weighted by atomic mass is 32.2. The third kappa shape index (κ3) is 4.46. The van der Waals surface area contributed by atoms with Crippen LogP contribution in [0.5, 0.6) is 0 Å². The topological polar surface area (TPSA) is 72.5 Å². The van der Waals surface area contributed by atoms with Crippen molar-refractivity contribution < 1.29 is 8.42 Å². The third-order valence-electron chi connectivity index (χ3n) is 1.88. The lowest BCUT2D eigenvalue weighted by Crippen LogP contribution is -2.30. The smallest absolute Gasteiger partial charge is 0.265 e. The van der Waals surface area contributed by atoms with Gasteiger partial charge in [0.15, 0.2) is 0 Å². The summed E-state index contributed by atoms with van der Waals surface area (Å²) >= 11 is 4.15. The molecule has 0 radical (unpaired) electrons. The average Bonchev–Trinajstić information content (AvgIpc) is 2.18. The minimum atomic E-state index is -3.52. The van der Waals surface area contributed by atoms with Gasteiger partial charge in [0.05, 0.1) is 18.2 Å². The second-order valence-corrected chi connectivity index (χ2v) is 5.37. The van der Waals surface area contributed by atoms with E-state index in [0.29, 0.717) is 6.42 Å². The van der Waals surface area contributed by atoms with Crippen molar-refractivity contribution in [3.63, 3.8) is 0 Å². The van der Waals surface area contributed by atoms with Crippen molar-refractivity contribution in [3.05, 3.63) is 35.9 Å². The lowest BCUT2D eigenvalue weighted by Gasteiger charge is -2.09. The van der Waals surface area contributed by atoms with E-state index in [0.717, 1.165) is 5.56 Å². The highest BCUT2D eigenvalue weighted by Crippen LogP contribution is 2.04. The number of hydrogen-bond acceptors (Lipinski definition) is 4. The molecule has 1 aromatic rings. The molecule has 0 heterocycles. The van der Waals surface area contributed by atoms with E-state index >= 15 is 0 Å². The van der Waals surface area contributed by atoms with Gasteiger partial charge in [0, 0.05) is 6.04 Å². The van der Waals surface area contributed by atoms with Crippen molar-refractivity contribution in [2.45, 2.75) is 12.5 Å². The number of sulfonamides is 1. The number of hydrogen-bond donors (Lipinski definition) is 1. The Balaban J connectivity index is 2.58. The average molecular weight is 244 g/mol. The summed E-state index contributed by atoms with van der Waals surface area (Å²) in [5, 5.41) is 0. The summed E-state index contributed by atoms with van der Waals surface area (Å²) < 4.78 is 25.0. The lowest BCUT2D eigenvalue weighted by atomic mass is 10.1. The Morgan fingerprint density at radius 1 is 1.33 bits per heavy atom. The molecule has 0 aromatic heterocycles. The fourth-order valence-electron chi connectivity index (χ4n) is 1.28. The minimum Gasteiger partial charge on any atom is -0.326 e. The Labute approximate surface area is 94.7 Å². The molecule has 0 saturated heterocycles. The minimum absolute atomic E-state index is 0.203. The van der Waals surface area contributed by atoms with Crippen LogP contribution in [0, 0.1) is 0 Å². The first-order chi connectivity index (χ1) is 7.03. The molecule has 0 aliphatic carbocycles. The lowest BCUT2D eigenvalue weighted by molar-refractivity contribution is 0.588. The van der Waals surface area contributed by atoms with Gasteiger partial charge in [-0.3, -0.25) is 0 Å². The van der Waals surface area contributed by atoms with E-state index in [1.165, 1.54) is 0 Å². The van der Waals surface area contributed by atoms with Crippen molar-refractivity contribution in [2.24, 2.45) is 9.50 Å². The Hall–Kier alpha value is -0.850. The molecule has 82 valence electrons. The Morgan fingerprint density at radius 3 is 2.47 bits per heavy atom. The summed E-state index contributed by atoms with van der Waals surface area (Å²) in [6, 6.07) is 8.99. The molecule has 6 heteroatoms. The normalized spacial score (nSPS) is 13.4. The maximum atomic E-state index is 11.0. The molecule has 1 unspecified atom stereocenters. The summed E-state index contributed by atoms with van der Waals surface area (Å²) in [5.41, 5.74) is 6.69. The van der Waals surface area contributed by atoms with Gasteiger partial charge in [0.1, 0.15) is 0 Å². The van der Waals surface area contributed by atoms with Gasteiger partial charge in [-0.05, 0) is 12.0 Å². The second-order valence-electron chi connectivity index (χ2n) is 3.27. The summed E-state index contributed by atoms with van der Waals surface area (Å²) in [7, 11) is -3.52. The van der Waals surface area contributed by atoms with Crippen molar-refractivity contribution in [2.75, 3.05) is 5.75 Å². The number of benzene rings is 1. The maximum absolute atomic E-state index is 11.0. The summed E-state index contributed by atoms with van der Waals surface area (Å²) in [6.45, 7) is 0. The van der Waals surface area contributed by atoms with Gasteiger partial charge in [-0.25, -0.2) is 8.42 Å². The maximum Gasteiger partial charge on any atom is 0.265 e. The van der Waals surface area contributed by atoms with Crippen molar-refractivity contribution >= 4 is 22.4 Å².